The lowest BCUT2D eigenvalue weighted by molar-refractivity contribution is 0.590. The number of aliphatic imine (C=N–C) groups is 2. The molecule has 2 rings (SSSR count). The normalized spacial score (nSPS) is 15.8. The molecule has 17 heavy (non-hydrogen) atoms. The highest BCUT2D eigenvalue weighted by Gasteiger charge is 2.15. The van der Waals surface area contributed by atoms with Crippen molar-refractivity contribution in [2.75, 3.05) is 12.4 Å². The summed E-state index contributed by atoms with van der Waals surface area (Å²) in [6.07, 6.45) is 0. The molecule has 0 spiro atoms. The molecular weight excluding hydrogens is 232 g/mol. The number of rotatable bonds is 2. The van der Waals surface area contributed by atoms with Gasteiger partial charge in [0.25, 0.3) is 0 Å². The fourth-order valence-corrected chi connectivity index (χ4v) is 1.88. The van der Waals surface area contributed by atoms with Crippen molar-refractivity contribution in [1.29, 1.82) is 0 Å². The molecule has 0 bridgehead atoms. The van der Waals surface area contributed by atoms with E-state index in [2.05, 4.69) is 55.0 Å². The van der Waals surface area contributed by atoms with Gasteiger partial charge >= 0.3 is 0 Å². The zero-order valence-electron chi connectivity index (χ0n) is 10.5. The van der Waals surface area contributed by atoms with E-state index in [0.29, 0.717) is 12.4 Å². The van der Waals surface area contributed by atoms with Crippen LogP contribution in [-0.4, -0.2) is 24.0 Å². The Hall–Kier alpha value is -1.15. The van der Waals surface area contributed by atoms with Gasteiger partial charge in [0.05, 0.1) is 18.1 Å². The average molecular weight is 249 g/mol. The molecule has 3 heteroatoms. The fraction of sp³-hybridized carbons (Fsp3) is 0.429. The third-order valence-corrected chi connectivity index (χ3v) is 3.15. The Balaban J connectivity index is 2.23. The van der Waals surface area contributed by atoms with Crippen molar-refractivity contribution in [3.05, 3.63) is 35.4 Å². The van der Waals surface area contributed by atoms with Gasteiger partial charge in [0, 0.05) is 5.56 Å². The van der Waals surface area contributed by atoms with Crippen LogP contribution in [0.3, 0.4) is 0 Å². The Morgan fingerprint density at radius 3 is 2.29 bits per heavy atom. The Morgan fingerprint density at radius 1 is 1.18 bits per heavy atom. The highest BCUT2D eigenvalue weighted by atomic mass is 35.5. The first-order valence-corrected chi connectivity index (χ1v) is 6.32. The molecule has 0 saturated heterocycles. The largest absolute Gasteiger partial charge is 0.260 e. The van der Waals surface area contributed by atoms with Crippen LogP contribution < -0.4 is 0 Å². The standard InChI is InChI=1S/C14H17ClN2/c1-14(2,3)11-6-4-10(5-7-11)13-16-9-12(8-15)17-13/h4-7H,8-9H2,1-3H3. The summed E-state index contributed by atoms with van der Waals surface area (Å²) in [5.74, 6) is 1.27. The first-order chi connectivity index (χ1) is 8.00. The summed E-state index contributed by atoms with van der Waals surface area (Å²) >= 11 is 5.74. The molecule has 1 aliphatic rings. The van der Waals surface area contributed by atoms with Gasteiger partial charge < -0.3 is 0 Å². The quantitative estimate of drug-likeness (QED) is 0.717. The van der Waals surface area contributed by atoms with E-state index in [-0.39, 0.29) is 5.41 Å². The van der Waals surface area contributed by atoms with Gasteiger partial charge in [0.1, 0.15) is 0 Å². The van der Waals surface area contributed by atoms with E-state index in [4.69, 9.17) is 11.6 Å². The number of alkyl halides is 1. The second-order valence-corrected chi connectivity index (χ2v) is 5.55. The molecule has 1 aliphatic heterocycles. The third-order valence-electron chi connectivity index (χ3n) is 2.84. The lowest BCUT2D eigenvalue weighted by atomic mass is 9.87. The maximum absolute atomic E-state index is 5.74. The van der Waals surface area contributed by atoms with Gasteiger partial charge in [-0.2, -0.15) is 0 Å². The number of halogens is 1. The summed E-state index contributed by atoms with van der Waals surface area (Å²) in [5, 5.41) is 0. The molecule has 0 amide bonds. The van der Waals surface area contributed by atoms with E-state index < -0.39 is 0 Å². The molecule has 1 aromatic carbocycles. The summed E-state index contributed by atoms with van der Waals surface area (Å²) in [7, 11) is 0. The van der Waals surface area contributed by atoms with Crippen LogP contribution in [-0.2, 0) is 5.41 Å². The van der Waals surface area contributed by atoms with Crippen molar-refractivity contribution in [2.45, 2.75) is 26.2 Å². The van der Waals surface area contributed by atoms with E-state index in [1.54, 1.807) is 0 Å². The van der Waals surface area contributed by atoms with Crippen LogP contribution in [0, 0.1) is 0 Å². The zero-order valence-corrected chi connectivity index (χ0v) is 11.3. The SMILES string of the molecule is CC(C)(C)c1ccc(C2=NCC(CCl)=N2)cc1. The minimum Gasteiger partial charge on any atom is -0.260 e. The molecule has 0 N–H and O–H groups in total. The van der Waals surface area contributed by atoms with Gasteiger partial charge in [-0.3, -0.25) is 4.99 Å². The van der Waals surface area contributed by atoms with Crippen LogP contribution in [0.2, 0.25) is 0 Å². The average Bonchev–Trinajstić information content (AvgIpc) is 2.76. The van der Waals surface area contributed by atoms with Gasteiger partial charge in [-0.05, 0) is 11.0 Å². The van der Waals surface area contributed by atoms with Crippen LogP contribution in [0.15, 0.2) is 34.3 Å². The minimum atomic E-state index is 0.181. The third kappa shape index (κ3) is 2.75. The molecule has 0 radical (unpaired) electrons. The molecule has 2 nitrogen and oxygen atoms in total. The van der Waals surface area contributed by atoms with Crippen molar-refractivity contribution in [3.63, 3.8) is 0 Å². The maximum atomic E-state index is 5.74. The second-order valence-electron chi connectivity index (χ2n) is 5.28. The van der Waals surface area contributed by atoms with E-state index in [1.165, 1.54) is 5.56 Å². The summed E-state index contributed by atoms with van der Waals surface area (Å²) in [5.41, 5.74) is 3.52. The van der Waals surface area contributed by atoms with Gasteiger partial charge in [0.2, 0.25) is 0 Å². The molecule has 0 saturated carbocycles. The number of hydrogen-bond donors (Lipinski definition) is 0. The van der Waals surface area contributed by atoms with Crippen molar-refractivity contribution in [2.24, 2.45) is 9.98 Å². The van der Waals surface area contributed by atoms with E-state index >= 15 is 0 Å². The van der Waals surface area contributed by atoms with Crippen molar-refractivity contribution in [3.8, 4) is 0 Å². The fourth-order valence-electron chi connectivity index (χ4n) is 1.73. The van der Waals surface area contributed by atoms with E-state index in [1.807, 2.05) is 0 Å². The molecule has 0 atom stereocenters. The minimum absolute atomic E-state index is 0.181. The zero-order chi connectivity index (χ0) is 12.5. The molecule has 1 aromatic rings. The highest BCUT2D eigenvalue weighted by molar-refractivity contribution is 6.31. The van der Waals surface area contributed by atoms with E-state index in [9.17, 15) is 0 Å². The number of benzene rings is 1. The molecule has 0 unspecified atom stereocenters. The van der Waals surface area contributed by atoms with Gasteiger partial charge in [0.15, 0.2) is 5.84 Å². The van der Waals surface area contributed by atoms with Crippen LogP contribution in [0.1, 0.15) is 31.9 Å². The summed E-state index contributed by atoms with van der Waals surface area (Å²) in [4.78, 5) is 8.78. The predicted molar refractivity (Wildman–Crippen MR) is 74.7 cm³/mol. The molecule has 0 aromatic heterocycles. The van der Waals surface area contributed by atoms with Crippen LogP contribution in [0.5, 0.6) is 0 Å². The van der Waals surface area contributed by atoms with Crippen LogP contribution >= 0.6 is 11.6 Å². The summed E-state index contributed by atoms with van der Waals surface area (Å²) in [6.45, 7) is 7.26. The molecule has 0 fully saturated rings. The summed E-state index contributed by atoms with van der Waals surface area (Å²) < 4.78 is 0. The topological polar surface area (TPSA) is 24.7 Å². The van der Waals surface area contributed by atoms with Gasteiger partial charge in [-0.15, -0.1) is 11.6 Å². The van der Waals surface area contributed by atoms with Crippen molar-refractivity contribution < 1.29 is 0 Å². The number of amidine groups is 1. The Bertz CT molecular complexity index is 464. The smallest absolute Gasteiger partial charge is 0.154 e. The highest BCUT2D eigenvalue weighted by Crippen LogP contribution is 2.22. The molecule has 1 heterocycles. The van der Waals surface area contributed by atoms with Gasteiger partial charge in [-0.1, -0.05) is 45.0 Å². The summed E-state index contributed by atoms with van der Waals surface area (Å²) in [6, 6.07) is 8.46. The number of nitrogens with zero attached hydrogens (tertiary/aromatic N) is 2. The molecular formula is C14H17ClN2. The monoisotopic (exact) mass is 248 g/mol. The van der Waals surface area contributed by atoms with Crippen LogP contribution in [0.4, 0.5) is 0 Å². The number of hydrogen-bond acceptors (Lipinski definition) is 2. The predicted octanol–water partition coefficient (Wildman–Crippen LogP) is 3.42. The Labute approximate surface area is 107 Å². The van der Waals surface area contributed by atoms with Crippen molar-refractivity contribution >= 4 is 23.1 Å². The van der Waals surface area contributed by atoms with Crippen molar-refractivity contribution in [1.82, 2.24) is 0 Å². The lowest BCUT2D eigenvalue weighted by Gasteiger charge is -2.18. The Morgan fingerprint density at radius 2 is 1.82 bits per heavy atom. The molecule has 0 aliphatic carbocycles. The first-order valence-electron chi connectivity index (χ1n) is 5.78. The molecule has 90 valence electrons. The lowest BCUT2D eigenvalue weighted by Crippen LogP contribution is -2.11. The second kappa shape index (κ2) is 4.61. The maximum Gasteiger partial charge on any atom is 0.154 e. The van der Waals surface area contributed by atoms with Gasteiger partial charge in [-0.25, -0.2) is 4.99 Å². The van der Waals surface area contributed by atoms with E-state index in [0.717, 1.165) is 17.1 Å². The Kier molecular flexibility index (Phi) is 3.34. The first kappa shape index (κ1) is 12.3. The van der Waals surface area contributed by atoms with Crippen LogP contribution in [0.25, 0.3) is 0 Å².